The van der Waals surface area contributed by atoms with Gasteiger partial charge in [0.05, 0.1) is 6.26 Å². The van der Waals surface area contributed by atoms with Crippen LogP contribution in [0.1, 0.15) is 11.8 Å². The van der Waals surface area contributed by atoms with Gasteiger partial charge in [0.15, 0.2) is 0 Å². The number of anilines is 1. The van der Waals surface area contributed by atoms with Crippen molar-refractivity contribution in [3.8, 4) is 0 Å². The molecule has 2 aromatic rings. The summed E-state index contributed by atoms with van der Waals surface area (Å²) in [5.41, 5.74) is 1.44. The first-order valence-electron chi connectivity index (χ1n) is 5.40. The fourth-order valence-electron chi connectivity index (χ4n) is 2.08. The van der Waals surface area contributed by atoms with Crippen molar-refractivity contribution in [2.24, 2.45) is 0 Å². The van der Waals surface area contributed by atoms with Crippen LogP contribution in [0.4, 0.5) is 5.69 Å². The van der Waals surface area contributed by atoms with E-state index in [1.807, 2.05) is 42.5 Å². The zero-order valence-electron chi connectivity index (χ0n) is 9.17. The number of carbonyl (C=O) groups is 1. The number of hydrogen-bond acceptors (Lipinski definition) is 2. The lowest BCUT2D eigenvalue weighted by atomic mass is 9.93. The van der Waals surface area contributed by atoms with Crippen LogP contribution >= 0.6 is 0 Å². The molecule has 84 valence electrons. The fourth-order valence-corrected chi connectivity index (χ4v) is 2.08. The van der Waals surface area contributed by atoms with Crippen molar-refractivity contribution in [1.29, 1.82) is 0 Å². The molecular weight excluding hydrogens is 214 g/mol. The van der Waals surface area contributed by atoms with E-state index in [1.54, 1.807) is 11.2 Å². The zero-order valence-corrected chi connectivity index (χ0v) is 9.17. The van der Waals surface area contributed by atoms with Crippen molar-refractivity contribution < 1.29 is 9.21 Å². The SMILES string of the molecule is C=C1C(=O)N(c2ccccc2)[C@@H]1c1ccco1. The molecule has 1 aliphatic heterocycles. The molecule has 2 heterocycles. The van der Waals surface area contributed by atoms with Crippen LogP contribution in [0, 0.1) is 0 Å². The predicted molar refractivity (Wildman–Crippen MR) is 64.5 cm³/mol. The van der Waals surface area contributed by atoms with E-state index < -0.39 is 0 Å². The molecule has 1 amide bonds. The van der Waals surface area contributed by atoms with Gasteiger partial charge in [0.1, 0.15) is 11.8 Å². The molecule has 1 aromatic heterocycles. The molecule has 3 heteroatoms. The molecule has 1 aromatic carbocycles. The minimum Gasteiger partial charge on any atom is -0.467 e. The third-order valence-electron chi connectivity index (χ3n) is 2.93. The zero-order chi connectivity index (χ0) is 11.8. The highest BCUT2D eigenvalue weighted by Gasteiger charge is 2.44. The average molecular weight is 225 g/mol. The van der Waals surface area contributed by atoms with Crippen LogP contribution in [-0.4, -0.2) is 5.91 Å². The Morgan fingerprint density at radius 1 is 1.12 bits per heavy atom. The van der Waals surface area contributed by atoms with Gasteiger partial charge < -0.3 is 4.42 Å². The Hall–Kier alpha value is -2.29. The molecule has 1 atom stereocenters. The van der Waals surface area contributed by atoms with Crippen LogP contribution in [0.3, 0.4) is 0 Å². The largest absolute Gasteiger partial charge is 0.467 e. The lowest BCUT2D eigenvalue weighted by molar-refractivity contribution is -0.119. The maximum absolute atomic E-state index is 11.9. The van der Waals surface area contributed by atoms with Gasteiger partial charge in [-0.2, -0.15) is 0 Å². The van der Waals surface area contributed by atoms with Gasteiger partial charge >= 0.3 is 0 Å². The second kappa shape index (κ2) is 3.63. The lowest BCUT2D eigenvalue weighted by Gasteiger charge is -2.40. The first kappa shape index (κ1) is 9.90. The smallest absolute Gasteiger partial charge is 0.257 e. The Labute approximate surface area is 99.0 Å². The normalized spacial score (nSPS) is 19.3. The maximum atomic E-state index is 11.9. The number of rotatable bonds is 2. The third-order valence-corrected chi connectivity index (χ3v) is 2.93. The monoisotopic (exact) mass is 225 g/mol. The van der Waals surface area contributed by atoms with Gasteiger partial charge in [0.2, 0.25) is 0 Å². The molecule has 0 aliphatic carbocycles. The van der Waals surface area contributed by atoms with Crippen LogP contribution in [0.25, 0.3) is 0 Å². The number of furan rings is 1. The Balaban J connectivity index is 1.99. The first-order chi connectivity index (χ1) is 8.29. The van der Waals surface area contributed by atoms with E-state index >= 15 is 0 Å². The number of benzene rings is 1. The summed E-state index contributed by atoms with van der Waals surface area (Å²) in [6.45, 7) is 3.80. The van der Waals surface area contributed by atoms with E-state index in [0.29, 0.717) is 5.57 Å². The molecule has 0 bridgehead atoms. The molecule has 1 fully saturated rings. The molecule has 0 saturated carbocycles. The number of hydrogen-bond donors (Lipinski definition) is 0. The molecule has 17 heavy (non-hydrogen) atoms. The van der Waals surface area contributed by atoms with Crippen molar-refractivity contribution >= 4 is 11.6 Å². The Kier molecular flexibility index (Phi) is 2.11. The molecule has 3 rings (SSSR count). The van der Waals surface area contributed by atoms with E-state index in [-0.39, 0.29) is 11.9 Å². The highest BCUT2D eigenvalue weighted by Crippen LogP contribution is 2.41. The molecule has 1 aliphatic rings. The van der Waals surface area contributed by atoms with Gasteiger partial charge in [-0.3, -0.25) is 9.69 Å². The third kappa shape index (κ3) is 1.40. The van der Waals surface area contributed by atoms with Crippen molar-refractivity contribution in [1.82, 2.24) is 0 Å². The minimum absolute atomic E-state index is 0.0439. The second-order valence-corrected chi connectivity index (χ2v) is 3.95. The van der Waals surface area contributed by atoms with Crippen molar-refractivity contribution in [3.63, 3.8) is 0 Å². The number of amides is 1. The van der Waals surface area contributed by atoms with Gasteiger partial charge in [-0.25, -0.2) is 0 Å². The van der Waals surface area contributed by atoms with Gasteiger partial charge in [0.25, 0.3) is 5.91 Å². The molecule has 3 nitrogen and oxygen atoms in total. The molecular formula is C14H11NO2. The highest BCUT2D eigenvalue weighted by atomic mass is 16.3. The van der Waals surface area contributed by atoms with Gasteiger partial charge in [-0.05, 0) is 24.3 Å². The summed E-state index contributed by atoms with van der Waals surface area (Å²) in [5, 5.41) is 0. The topological polar surface area (TPSA) is 33.5 Å². The Morgan fingerprint density at radius 2 is 1.88 bits per heavy atom. The van der Waals surface area contributed by atoms with Gasteiger partial charge in [-0.1, -0.05) is 24.8 Å². The number of carbonyl (C=O) groups excluding carboxylic acids is 1. The Bertz CT molecular complexity index is 557. The maximum Gasteiger partial charge on any atom is 0.257 e. The van der Waals surface area contributed by atoms with Gasteiger partial charge in [-0.15, -0.1) is 0 Å². The number of nitrogens with zero attached hydrogens (tertiary/aromatic N) is 1. The van der Waals surface area contributed by atoms with Gasteiger partial charge in [0, 0.05) is 11.3 Å². The molecule has 0 unspecified atom stereocenters. The van der Waals surface area contributed by atoms with Crippen molar-refractivity contribution in [3.05, 3.63) is 66.6 Å². The summed E-state index contributed by atoms with van der Waals surface area (Å²) in [7, 11) is 0. The van der Waals surface area contributed by atoms with Crippen LogP contribution < -0.4 is 4.90 Å². The Morgan fingerprint density at radius 3 is 2.53 bits per heavy atom. The summed E-state index contributed by atoms with van der Waals surface area (Å²) in [4.78, 5) is 13.5. The average Bonchev–Trinajstić information content (AvgIpc) is 2.88. The lowest BCUT2D eigenvalue weighted by Crippen LogP contribution is -2.48. The predicted octanol–water partition coefficient (Wildman–Crippen LogP) is 2.92. The van der Waals surface area contributed by atoms with Crippen LogP contribution in [-0.2, 0) is 4.79 Å². The summed E-state index contributed by atoms with van der Waals surface area (Å²) < 4.78 is 5.35. The fraction of sp³-hybridized carbons (Fsp3) is 0.0714. The van der Waals surface area contributed by atoms with Crippen molar-refractivity contribution in [2.75, 3.05) is 4.90 Å². The summed E-state index contributed by atoms with van der Waals surface area (Å²) >= 11 is 0. The minimum atomic E-state index is -0.167. The number of β-lactam (4-membered cyclic amide) rings is 1. The summed E-state index contributed by atoms with van der Waals surface area (Å²) in [6, 6.07) is 13.0. The van der Waals surface area contributed by atoms with Crippen LogP contribution in [0.5, 0.6) is 0 Å². The highest BCUT2D eigenvalue weighted by molar-refractivity contribution is 6.14. The summed E-state index contributed by atoms with van der Waals surface area (Å²) in [5.74, 6) is 0.705. The van der Waals surface area contributed by atoms with Crippen molar-refractivity contribution in [2.45, 2.75) is 6.04 Å². The second-order valence-electron chi connectivity index (χ2n) is 3.95. The van der Waals surface area contributed by atoms with E-state index in [2.05, 4.69) is 6.58 Å². The standard InChI is InChI=1S/C14H11NO2/c1-10-13(12-8-5-9-17-12)15(14(10)16)11-6-3-2-4-7-11/h2-9,13H,1H2/t13-/m0/s1. The van der Waals surface area contributed by atoms with E-state index in [9.17, 15) is 4.79 Å². The molecule has 1 saturated heterocycles. The van der Waals surface area contributed by atoms with Crippen LogP contribution in [0.2, 0.25) is 0 Å². The summed E-state index contributed by atoms with van der Waals surface area (Å²) in [6.07, 6.45) is 1.61. The number of para-hydroxylation sites is 1. The van der Waals surface area contributed by atoms with Crippen LogP contribution in [0.15, 0.2) is 65.3 Å². The molecule has 0 spiro atoms. The van der Waals surface area contributed by atoms with E-state index in [1.165, 1.54) is 0 Å². The first-order valence-corrected chi connectivity index (χ1v) is 5.40. The van der Waals surface area contributed by atoms with E-state index in [0.717, 1.165) is 11.4 Å². The molecule has 0 radical (unpaired) electrons. The quantitative estimate of drug-likeness (QED) is 0.581. The molecule has 0 N–H and O–H groups in total. The van der Waals surface area contributed by atoms with E-state index in [4.69, 9.17) is 4.42 Å².